The van der Waals surface area contributed by atoms with E-state index >= 15 is 0 Å². The Bertz CT molecular complexity index is 166. The van der Waals surface area contributed by atoms with Crippen LogP contribution in [0.15, 0.2) is 23.9 Å². The van der Waals surface area contributed by atoms with Gasteiger partial charge in [-0.1, -0.05) is 19.9 Å². The average molecular weight is 137 g/mol. The molecule has 1 heteroatoms. The number of likely N-dealkylation sites (N-methyl/N-ethyl adjacent to an activating group) is 1. The first-order valence-electron chi connectivity index (χ1n) is 3.78. The van der Waals surface area contributed by atoms with E-state index < -0.39 is 0 Å². The molecule has 0 spiro atoms. The second kappa shape index (κ2) is 2.91. The molecule has 1 rings (SSSR count). The molecule has 0 bridgehead atoms. The Balaban J connectivity index is 2.59. The van der Waals surface area contributed by atoms with Gasteiger partial charge < -0.3 is 4.90 Å². The van der Waals surface area contributed by atoms with Crippen molar-refractivity contribution in [3.63, 3.8) is 0 Å². The summed E-state index contributed by atoms with van der Waals surface area (Å²) in [5, 5.41) is 0. The highest BCUT2D eigenvalue weighted by Crippen LogP contribution is 2.14. The molecular formula is C9H15N. The van der Waals surface area contributed by atoms with Gasteiger partial charge in [0.2, 0.25) is 0 Å². The summed E-state index contributed by atoms with van der Waals surface area (Å²) in [7, 11) is 2.09. The van der Waals surface area contributed by atoms with Crippen LogP contribution in [0.4, 0.5) is 0 Å². The maximum Gasteiger partial charge on any atom is 0.0356 e. The summed E-state index contributed by atoms with van der Waals surface area (Å²) in [5.74, 6) is 0.671. The fourth-order valence-corrected chi connectivity index (χ4v) is 1.02. The third-order valence-electron chi connectivity index (χ3n) is 1.80. The Morgan fingerprint density at radius 1 is 1.50 bits per heavy atom. The van der Waals surface area contributed by atoms with Gasteiger partial charge in [0.25, 0.3) is 0 Å². The van der Waals surface area contributed by atoms with Gasteiger partial charge in [-0.2, -0.15) is 0 Å². The second-order valence-corrected chi connectivity index (χ2v) is 3.11. The smallest absolute Gasteiger partial charge is 0.0356 e. The molecule has 1 heterocycles. The highest BCUT2D eigenvalue weighted by atomic mass is 15.1. The van der Waals surface area contributed by atoms with E-state index in [1.165, 1.54) is 5.57 Å². The topological polar surface area (TPSA) is 3.24 Å². The first kappa shape index (κ1) is 7.39. The van der Waals surface area contributed by atoms with Gasteiger partial charge >= 0.3 is 0 Å². The molecule has 0 aromatic rings. The summed E-state index contributed by atoms with van der Waals surface area (Å²) < 4.78 is 0. The summed E-state index contributed by atoms with van der Waals surface area (Å²) in [4.78, 5) is 2.17. The summed E-state index contributed by atoms with van der Waals surface area (Å²) in [5.41, 5.74) is 1.46. The largest absolute Gasteiger partial charge is 0.377 e. The van der Waals surface area contributed by atoms with Crippen LogP contribution in [0.2, 0.25) is 0 Å². The lowest BCUT2D eigenvalue weighted by Gasteiger charge is -2.18. The molecule has 10 heavy (non-hydrogen) atoms. The van der Waals surface area contributed by atoms with Gasteiger partial charge in [-0.25, -0.2) is 0 Å². The molecule has 0 saturated carbocycles. The highest BCUT2D eigenvalue weighted by molar-refractivity contribution is 5.23. The third-order valence-corrected chi connectivity index (χ3v) is 1.80. The van der Waals surface area contributed by atoms with Crippen molar-refractivity contribution in [2.75, 3.05) is 13.6 Å². The monoisotopic (exact) mass is 137 g/mol. The Morgan fingerprint density at radius 2 is 2.20 bits per heavy atom. The first-order chi connectivity index (χ1) is 4.70. The van der Waals surface area contributed by atoms with Crippen LogP contribution in [0.1, 0.15) is 13.8 Å². The Hall–Kier alpha value is -0.720. The van der Waals surface area contributed by atoms with E-state index in [4.69, 9.17) is 0 Å². The van der Waals surface area contributed by atoms with Crippen molar-refractivity contribution in [3.05, 3.63) is 23.9 Å². The van der Waals surface area contributed by atoms with Gasteiger partial charge in [0.05, 0.1) is 0 Å². The van der Waals surface area contributed by atoms with Crippen molar-refractivity contribution >= 4 is 0 Å². The molecule has 0 fully saturated rings. The summed E-state index contributed by atoms with van der Waals surface area (Å²) in [6, 6.07) is 0. The van der Waals surface area contributed by atoms with Crippen LogP contribution in [0.3, 0.4) is 0 Å². The maximum absolute atomic E-state index is 2.28. The molecule has 0 unspecified atom stereocenters. The molecule has 1 aliphatic heterocycles. The zero-order valence-electron chi connectivity index (χ0n) is 6.96. The lowest BCUT2D eigenvalue weighted by molar-refractivity contribution is 0.497. The predicted molar refractivity (Wildman–Crippen MR) is 44.7 cm³/mol. The molecule has 0 atom stereocenters. The van der Waals surface area contributed by atoms with E-state index in [1.54, 1.807) is 0 Å². The normalized spacial score (nSPS) is 18.0. The summed E-state index contributed by atoms with van der Waals surface area (Å²) in [6.45, 7) is 5.51. The van der Waals surface area contributed by atoms with Crippen LogP contribution in [-0.2, 0) is 0 Å². The van der Waals surface area contributed by atoms with Crippen LogP contribution in [0.5, 0.6) is 0 Å². The van der Waals surface area contributed by atoms with Gasteiger partial charge in [0, 0.05) is 13.6 Å². The van der Waals surface area contributed by atoms with Crippen LogP contribution in [-0.4, -0.2) is 18.5 Å². The van der Waals surface area contributed by atoms with Crippen LogP contribution in [0.25, 0.3) is 0 Å². The zero-order valence-corrected chi connectivity index (χ0v) is 6.96. The van der Waals surface area contributed by atoms with Crippen LogP contribution >= 0.6 is 0 Å². The number of hydrogen-bond acceptors (Lipinski definition) is 1. The third kappa shape index (κ3) is 1.63. The lowest BCUT2D eigenvalue weighted by Crippen LogP contribution is -2.14. The number of rotatable bonds is 1. The summed E-state index contributed by atoms with van der Waals surface area (Å²) >= 11 is 0. The molecule has 0 amide bonds. The highest BCUT2D eigenvalue weighted by Gasteiger charge is 2.02. The van der Waals surface area contributed by atoms with E-state index in [0.717, 1.165) is 6.54 Å². The standard InChI is InChI=1S/C9H15N/c1-8(2)9-4-6-10(3)7-5-9/h4-6,8H,7H2,1-3H3. The van der Waals surface area contributed by atoms with Gasteiger partial charge in [-0.3, -0.25) is 0 Å². The number of allylic oxidation sites excluding steroid dienone is 2. The molecular weight excluding hydrogens is 122 g/mol. The minimum Gasteiger partial charge on any atom is -0.377 e. The first-order valence-corrected chi connectivity index (χ1v) is 3.78. The van der Waals surface area contributed by atoms with Crippen molar-refractivity contribution in [1.82, 2.24) is 4.90 Å². The van der Waals surface area contributed by atoms with E-state index in [2.05, 4.69) is 44.1 Å². The molecule has 0 saturated heterocycles. The fourth-order valence-electron chi connectivity index (χ4n) is 1.02. The minimum atomic E-state index is 0.671. The van der Waals surface area contributed by atoms with E-state index in [-0.39, 0.29) is 0 Å². The van der Waals surface area contributed by atoms with Crippen molar-refractivity contribution in [2.24, 2.45) is 5.92 Å². The van der Waals surface area contributed by atoms with E-state index in [1.807, 2.05) is 0 Å². The predicted octanol–water partition coefficient (Wildman–Crippen LogP) is 2.03. The number of nitrogens with zero attached hydrogens (tertiary/aromatic N) is 1. The number of hydrogen-bond donors (Lipinski definition) is 0. The van der Waals surface area contributed by atoms with Crippen LogP contribution in [0, 0.1) is 5.92 Å². The maximum atomic E-state index is 2.28. The molecule has 0 radical (unpaired) electrons. The van der Waals surface area contributed by atoms with Gasteiger partial charge in [-0.05, 0) is 23.8 Å². The molecule has 1 aliphatic rings. The Labute approximate surface area is 63.0 Å². The fraction of sp³-hybridized carbons (Fsp3) is 0.556. The average Bonchev–Trinajstić information content (AvgIpc) is 1.88. The molecule has 1 nitrogen and oxygen atoms in total. The summed E-state index contributed by atoms with van der Waals surface area (Å²) in [6.07, 6.45) is 6.61. The zero-order chi connectivity index (χ0) is 7.56. The molecule has 56 valence electrons. The van der Waals surface area contributed by atoms with Gasteiger partial charge in [0.15, 0.2) is 0 Å². The second-order valence-electron chi connectivity index (χ2n) is 3.11. The minimum absolute atomic E-state index is 0.671. The van der Waals surface area contributed by atoms with E-state index in [9.17, 15) is 0 Å². The Morgan fingerprint density at radius 3 is 2.60 bits per heavy atom. The molecule has 0 N–H and O–H groups in total. The van der Waals surface area contributed by atoms with Crippen molar-refractivity contribution < 1.29 is 0 Å². The van der Waals surface area contributed by atoms with Crippen LogP contribution < -0.4 is 0 Å². The van der Waals surface area contributed by atoms with Crippen molar-refractivity contribution in [1.29, 1.82) is 0 Å². The molecule has 0 aromatic heterocycles. The van der Waals surface area contributed by atoms with Gasteiger partial charge in [0.1, 0.15) is 0 Å². The molecule has 0 aromatic carbocycles. The quantitative estimate of drug-likeness (QED) is 0.534. The lowest BCUT2D eigenvalue weighted by atomic mass is 10.0. The van der Waals surface area contributed by atoms with Gasteiger partial charge in [-0.15, -0.1) is 0 Å². The van der Waals surface area contributed by atoms with Crippen molar-refractivity contribution in [3.8, 4) is 0 Å². The molecule has 0 aliphatic carbocycles. The van der Waals surface area contributed by atoms with Crippen molar-refractivity contribution in [2.45, 2.75) is 13.8 Å². The SMILES string of the molecule is CC(C)C1=CCN(C)C=C1. The van der Waals surface area contributed by atoms with E-state index in [0.29, 0.717) is 5.92 Å². The Kier molecular flexibility index (Phi) is 2.15.